The van der Waals surface area contributed by atoms with Gasteiger partial charge in [-0.25, -0.2) is 0 Å². The van der Waals surface area contributed by atoms with Crippen LogP contribution in [0.5, 0.6) is 0 Å². The van der Waals surface area contributed by atoms with Gasteiger partial charge in [0.1, 0.15) is 0 Å². The van der Waals surface area contributed by atoms with Crippen molar-refractivity contribution in [3.8, 4) is 0 Å². The first kappa shape index (κ1) is 14.6. The molecule has 0 aliphatic carbocycles. The Morgan fingerprint density at radius 2 is 1.80 bits per heavy atom. The maximum absolute atomic E-state index is 12.1. The molecule has 110 valence electrons. The van der Waals surface area contributed by atoms with Crippen LogP contribution in [0.15, 0.2) is 5.16 Å². The van der Waals surface area contributed by atoms with Crippen molar-refractivity contribution in [2.45, 2.75) is 12.1 Å². The number of hydrogen-bond donors (Lipinski definition) is 1. The van der Waals surface area contributed by atoms with Gasteiger partial charge in [0.15, 0.2) is 5.16 Å². The van der Waals surface area contributed by atoms with Crippen molar-refractivity contribution in [2.75, 3.05) is 37.7 Å². The number of carbonyl (C=O) groups excluding carboxylic acids is 2. The van der Waals surface area contributed by atoms with Crippen molar-refractivity contribution in [1.82, 2.24) is 24.6 Å². The van der Waals surface area contributed by atoms with E-state index in [4.69, 9.17) is 5.73 Å². The van der Waals surface area contributed by atoms with Crippen LogP contribution in [-0.2, 0) is 16.6 Å². The van der Waals surface area contributed by atoms with Gasteiger partial charge in [0.2, 0.25) is 17.8 Å². The molecule has 1 aromatic rings. The van der Waals surface area contributed by atoms with Crippen LogP contribution in [0.2, 0.25) is 0 Å². The highest BCUT2D eigenvalue weighted by Crippen LogP contribution is 2.17. The molecule has 2 amide bonds. The molecule has 0 bridgehead atoms. The largest absolute Gasteiger partial charge is 0.368 e. The summed E-state index contributed by atoms with van der Waals surface area (Å²) in [5.74, 6) is 0.724. The number of nitrogens with zero attached hydrogens (tertiary/aromatic N) is 5. The maximum Gasteiger partial charge on any atom is 0.233 e. The van der Waals surface area contributed by atoms with Crippen molar-refractivity contribution in [3.05, 3.63) is 0 Å². The van der Waals surface area contributed by atoms with Crippen LogP contribution in [0, 0.1) is 0 Å². The molecule has 0 spiro atoms. The van der Waals surface area contributed by atoms with Crippen molar-refractivity contribution >= 4 is 29.5 Å². The van der Waals surface area contributed by atoms with Crippen molar-refractivity contribution in [3.63, 3.8) is 0 Å². The van der Waals surface area contributed by atoms with Gasteiger partial charge in [0.05, 0.1) is 5.75 Å². The molecular weight excluding hydrogens is 280 g/mol. The van der Waals surface area contributed by atoms with Gasteiger partial charge in [0.25, 0.3) is 0 Å². The molecule has 2 N–H and O–H groups in total. The van der Waals surface area contributed by atoms with E-state index < -0.39 is 0 Å². The van der Waals surface area contributed by atoms with Crippen LogP contribution >= 0.6 is 11.8 Å². The first-order chi connectivity index (χ1) is 9.49. The number of thioether (sulfide) groups is 1. The summed E-state index contributed by atoms with van der Waals surface area (Å²) in [4.78, 5) is 26.8. The molecule has 1 aliphatic rings. The lowest BCUT2D eigenvalue weighted by molar-refractivity contribution is -0.136. The summed E-state index contributed by atoms with van der Waals surface area (Å²) in [6, 6.07) is 0. The van der Waals surface area contributed by atoms with Crippen LogP contribution in [0.1, 0.15) is 6.92 Å². The molecule has 2 heterocycles. The van der Waals surface area contributed by atoms with Gasteiger partial charge in [-0.1, -0.05) is 11.8 Å². The Hall–Kier alpha value is -1.77. The third-order valence-corrected chi connectivity index (χ3v) is 4.28. The molecule has 1 fully saturated rings. The third kappa shape index (κ3) is 3.21. The Morgan fingerprint density at radius 1 is 1.20 bits per heavy atom. The first-order valence-corrected chi connectivity index (χ1v) is 7.28. The zero-order valence-electron chi connectivity index (χ0n) is 11.6. The zero-order chi connectivity index (χ0) is 14.7. The minimum Gasteiger partial charge on any atom is -0.368 e. The van der Waals surface area contributed by atoms with Gasteiger partial charge in [-0.15, -0.1) is 10.2 Å². The SMILES string of the molecule is CC(=O)N1CCN(C(=O)CSc2nnc(N)n2C)CC1. The van der Waals surface area contributed by atoms with Crippen LogP contribution in [-0.4, -0.2) is 68.3 Å². The Bertz CT molecular complexity index is 509. The lowest BCUT2D eigenvalue weighted by Gasteiger charge is -2.34. The van der Waals surface area contributed by atoms with Gasteiger partial charge in [-0.05, 0) is 0 Å². The first-order valence-electron chi connectivity index (χ1n) is 6.30. The second kappa shape index (κ2) is 6.12. The van der Waals surface area contributed by atoms with E-state index in [1.54, 1.807) is 28.3 Å². The number of anilines is 1. The molecule has 2 rings (SSSR count). The monoisotopic (exact) mass is 298 g/mol. The minimum absolute atomic E-state index is 0.0415. The van der Waals surface area contributed by atoms with E-state index in [9.17, 15) is 9.59 Å². The van der Waals surface area contributed by atoms with E-state index in [1.807, 2.05) is 0 Å². The molecule has 0 unspecified atom stereocenters. The van der Waals surface area contributed by atoms with Crippen LogP contribution < -0.4 is 5.73 Å². The number of nitrogens with two attached hydrogens (primary N) is 1. The molecule has 0 atom stereocenters. The fourth-order valence-electron chi connectivity index (χ4n) is 1.94. The van der Waals surface area contributed by atoms with Gasteiger partial charge < -0.3 is 15.5 Å². The summed E-state index contributed by atoms with van der Waals surface area (Å²) in [6.07, 6.45) is 0. The van der Waals surface area contributed by atoms with Crippen LogP contribution in [0.25, 0.3) is 0 Å². The Morgan fingerprint density at radius 3 is 2.30 bits per heavy atom. The van der Waals surface area contributed by atoms with E-state index in [0.717, 1.165) is 0 Å². The topological polar surface area (TPSA) is 97.3 Å². The van der Waals surface area contributed by atoms with E-state index in [-0.39, 0.29) is 11.8 Å². The lowest BCUT2D eigenvalue weighted by Crippen LogP contribution is -2.50. The number of piperazine rings is 1. The molecule has 1 saturated heterocycles. The van der Waals surface area contributed by atoms with Gasteiger partial charge in [0, 0.05) is 40.2 Å². The number of nitrogen functional groups attached to an aromatic ring is 1. The molecule has 20 heavy (non-hydrogen) atoms. The van der Waals surface area contributed by atoms with E-state index in [0.29, 0.717) is 43.0 Å². The predicted molar refractivity (Wildman–Crippen MR) is 75.0 cm³/mol. The molecule has 0 saturated carbocycles. The highest BCUT2D eigenvalue weighted by atomic mass is 32.2. The summed E-state index contributed by atoms with van der Waals surface area (Å²) in [5.41, 5.74) is 5.58. The standard InChI is InChI=1S/C11H18N6O2S/c1-8(18)16-3-5-17(6-4-16)9(19)7-20-11-14-13-10(12)15(11)2/h3-7H2,1-2H3,(H2,12,13). The summed E-state index contributed by atoms with van der Waals surface area (Å²) < 4.78 is 1.64. The molecule has 8 nitrogen and oxygen atoms in total. The Balaban J connectivity index is 1.81. The predicted octanol–water partition coefficient (Wildman–Crippen LogP) is -0.820. The summed E-state index contributed by atoms with van der Waals surface area (Å²) in [7, 11) is 1.76. The normalized spacial score (nSPS) is 15.5. The minimum atomic E-state index is 0.0415. The molecular formula is C11H18N6O2S. The van der Waals surface area contributed by atoms with Gasteiger partial charge >= 0.3 is 0 Å². The highest BCUT2D eigenvalue weighted by Gasteiger charge is 2.22. The third-order valence-electron chi connectivity index (χ3n) is 3.27. The van der Waals surface area contributed by atoms with Crippen LogP contribution in [0.3, 0.4) is 0 Å². The van der Waals surface area contributed by atoms with Crippen molar-refractivity contribution < 1.29 is 9.59 Å². The smallest absolute Gasteiger partial charge is 0.233 e. The molecule has 1 aliphatic heterocycles. The van der Waals surface area contributed by atoms with Crippen LogP contribution in [0.4, 0.5) is 5.95 Å². The Labute approximate surface area is 121 Å². The maximum atomic E-state index is 12.1. The van der Waals surface area contributed by atoms with Gasteiger partial charge in [-0.2, -0.15) is 0 Å². The molecule has 0 radical (unpaired) electrons. The second-order valence-corrected chi connectivity index (χ2v) is 5.52. The number of aromatic nitrogens is 3. The Kier molecular flexibility index (Phi) is 4.48. The zero-order valence-corrected chi connectivity index (χ0v) is 12.4. The lowest BCUT2D eigenvalue weighted by atomic mass is 10.3. The van der Waals surface area contributed by atoms with Gasteiger partial charge in [-0.3, -0.25) is 14.2 Å². The summed E-state index contributed by atoms with van der Waals surface area (Å²) >= 11 is 1.31. The summed E-state index contributed by atoms with van der Waals surface area (Å²) in [6.45, 7) is 3.91. The van der Waals surface area contributed by atoms with Crippen molar-refractivity contribution in [2.24, 2.45) is 7.05 Å². The molecule has 0 aromatic carbocycles. The fourth-order valence-corrected chi connectivity index (χ4v) is 2.76. The second-order valence-electron chi connectivity index (χ2n) is 4.58. The van der Waals surface area contributed by atoms with E-state index in [2.05, 4.69) is 10.2 Å². The number of amides is 2. The quantitative estimate of drug-likeness (QED) is 0.732. The molecule has 1 aromatic heterocycles. The van der Waals surface area contributed by atoms with E-state index >= 15 is 0 Å². The molecule has 9 heteroatoms. The highest BCUT2D eigenvalue weighted by molar-refractivity contribution is 7.99. The fraction of sp³-hybridized carbons (Fsp3) is 0.636. The van der Waals surface area contributed by atoms with E-state index in [1.165, 1.54) is 11.8 Å². The average Bonchev–Trinajstić information content (AvgIpc) is 2.76. The number of rotatable bonds is 3. The average molecular weight is 298 g/mol. The van der Waals surface area contributed by atoms with Crippen molar-refractivity contribution in [1.29, 1.82) is 0 Å². The number of carbonyl (C=O) groups is 2. The summed E-state index contributed by atoms with van der Waals surface area (Å²) in [5, 5.41) is 8.26. The number of hydrogen-bond acceptors (Lipinski definition) is 6.